The second kappa shape index (κ2) is 4.74. The fourth-order valence-corrected chi connectivity index (χ4v) is 5.14. The second-order valence-electron chi connectivity index (χ2n) is 5.90. The monoisotopic (exact) mass is 318 g/mol. The molecule has 2 aromatic carbocycles. The van der Waals surface area contributed by atoms with Gasteiger partial charge >= 0.3 is 0 Å². The maximum Gasteiger partial charge on any atom is 0.0668 e. The van der Waals surface area contributed by atoms with Crippen molar-refractivity contribution in [3.8, 4) is 0 Å². The molecule has 5 rings (SSSR count). The molecule has 2 atom stereocenters. The smallest absolute Gasteiger partial charge is 0.0668 e. The molecule has 0 aromatic heterocycles. The van der Waals surface area contributed by atoms with Crippen molar-refractivity contribution < 1.29 is 4.74 Å². The summed E-state index contributed by atoms with van der Waals surface area (Å²) in [6.07, 6.45) is 0. The highest BCUT2D eigenvalue weighted by Gasteiger charge is 2.58. The van der Waals surface area contributed by atoms with Gasteiger partial charge in [-0.05, 0) is 22.3 Å². The molecule has 0 aliphatic heterocycles. The highest BCUT2D eigenvalue weighted by Crippen LogP contribution is 2.59. The van der Waals surface area contributed by atoms with E-state index in [-0.39, 0.29) is 22.1 Å². The first-order chi connectivity index (χ1) is 10.2. The van der Waals surface area contributed by atoms with Crippen molar-refractivity contribution >= 4 is 23.2 Å². The Morgan fingerprint density at radius 2 is 1.48 bits per heavy atom. The molecule has 0 fully saturated rings. The largest absolute Gasteiger partial charge is 0.383 e. The summed E-state index contributed by atoms with van der Waals surface area (Å²) in [5.41, 5.74) is 4.78. The van der Waals surface area contributed by atoms with E-state index in [4.69, 9.17) is 27.9 Å². The minimum atomic E-state index is -0.356. The van der Waals surface area contributed by atoms with E-state index >= 15 is 0 Å². The lowest BCUT2D eigenvalue weighted by molar-refractivity contribution is 0.133. The Hall–Kier alpha value is -1.02. The SMILES string of the molecule is COCC12c3ccccc3C(c3ccccc31)[C@@H](Cl)[C@@H]2Cl. The summed E-state index contributed by atoms with van der Waals surface area (Å²) < 4.78 is 5.59. The predicted octanol–water partition coefficient (Wildman–Crippen LogP) is 4.29. The van der Waals surface area contributed by atoms with Gasteiger partial charge in [-0.2, -0.15) is 0 Å². The van der Waals surface area contributed by atoms with E-state index in [0.29, 0.717) is 6.61 Å². The molecule has 0 saturated carbocycles. The van der Waals surface area contributed by atoms with Gasteiger partial charge in [0.25, 0.3) is 0 Å². The van der Waals surface area contributed by atoms with Crippen LogP contribution < -0.4 is 0 Å². The van der Waals surface area contributed by atoms with Gasteiger partial charge in [0.15, 0.2) is 0 Å². The van der Waals surface area contributed by atoms with Gasteiger partial charge in [0.1, 0.15) is 0 Å². The molecule has 3 aliphatic carbocycles. The quantitative estimate of drug-likeness (QED) is 0.750. The molecule has 0 spiro atoms. The average molecular weight is 319 g/mol. The highest BCUT2D eigenvalue weighted by molar-refractivity contribution is 6.32. The van der Waals surface area contributed by atoms with E-state index in [0.717, 1.165) is 0 Å². The Balaban J connectivity index is 2.10. The van der Waals surface area contributed by atoms with Gasteiger partial charge in [0, 0.05) is 13.0 Å². The van der Waals surface area contributed by atoms with Crippen molar-refractivity contribution in [2.75, 3.05) is 13.7 Å². The number of methoxy groups -OCH3 is 1. The molecule has 21 heavy (non-hydrogen) atoms. The summed E-state index contributed by atoms with van der Waals surface area (Å²) in [6.45, 7) is 0.547. The zero-order valence-corrected chi connectivity index (χ0v) is 13.2. The van der Waals surface area contributed by atoms with Crippen molar-refractivity contribution in [2.24, 2.45) is 0 Å². The van der Waals surface area contributed by atoms with Crippen molar-refractivity contribution in [2.45, 2.75) is 22.1 Å². The number of fused-ring (bicyclic) bond motifs is 1. The van der Waals surface area contributed by atoms with E-state index < -0.39 is 0 Å². The first-order valence-electron chi connectivity index (χ1n) is 7.17. The summed E-state index contributed by atoms with van der Waals surface area (Å²) in [5.74, 6) is 0.167. The predicted molar refractivity (Wildman–Crippen MR) is 86.7 cm³/mol. The summed E-state index contributed by atoms with van der Waals surface area (Å²) in [4.78, 5) is 0. The van der Waals surface area contributed by atoms with Crippen LogP contribution in [0.15, 0.2) is 48.5 Å². The summed E-state index contributed by atoms with van der Waals surface area (Å²) in [5, 5.41) is -0.291. The molecule has 3 heteroatoms. The molecule has 3 aliphatic rings. The summed E-state index contributed by atoms with van der Waals surface area (Å²) >= 11 is 13.6. The summed E-state index contributed by atoms with van der Waals surface area (Å²) in [7, 11) is 1.73. The fourth-order valence-electron chi connectivity index (χ4n) is 4.21. The van der Waals surface area contributed by atoms with E-state index in [2.05, 4.69) is 48.5 Å². The van der Waals surface area contributed by atoms with Crippen LogP contribution >= 0.6 is 23.2 Å². The standard InChI is InChI=1S/C18H16Cl2O/c1-21-10-18-13-8-4-2-6-11(13)15(16(19)17(18)20)12-7-3-5-9-14(12)18/h2-9,15-17H,10H2,1H3/t15?,16-,17+,18?/m1/s1. The van der Waals surface area contributed by atoms with Gasteiger partial charge in [-0.25, -0.2) is 0 Å². The molecule has 0 unspecified atom stereocenters. The lowest BCUT2D eigenvalue weighted by atomic mass is 9.55. The van der Waals surface area contributed by atoms with Crippen LogP contribution in [0, 0.1) is 0 Å². The molecule has 0 radical (unpaired) electrons. The Labute approximate surface area is 134 Å². The first kappa shape index (κ1) is 13.6. The molecule has 1 nitrogen and oxygen atoms in total. The molecule has 108 valence electrons. The third-order valence-electron chi connectivity index (χ3n) is 4.99. The number of halogens is 2. The third-order valence-corrected chi connectivity index (χ3v) is 6.27. The molecule has 2 bridgehead atoms. The van der Waals surface area contributed by atoms with Crippen molar-refractivity contribution in [3.63, 3.8) is 0 Å². The lowest BCUT2D eigenvalue weighted by Crippen LogP contribution is -2.56. The first-order valence-corrected chi connectivity index (χ1v) is 8.05. The molecule has 2 aromatic rings. The maximum absolute atomic E-state index is 6.84. The van der Waals surface area contributed by atoms with Crippen molar-refractivity contribution in [3.05, 3.63) is 70.8 Å². The van der Waals surface area contributed by atoms with Crippen LogP contribution in [0.25, 0.3) is 0 Å². The van der Waals surface area contributed by atoms with E-state index in [1.807, 2.05) is 0 Å². The number of hydrogen-bond acceptors (Lipinski definition) is 1. The molecule has 0 saturated heterocycles. The van der Waals surface area contributed by atoms with Crippen molar-refractivity contribution in [1.29, 1.82) is 0 Å². The number of alkyl halides is 2. The van der Waals surface area contributed by atoms with Crippen LogP contribution in [-0.4, -0.2) is 24.5 Å². The Kier molecular flexibility index (Phi) is 3.08. The van der Waals surface area contributed by atoms with Gasteiger partial charge in [-0.1, -0.05) is 48.5 Å². The molecule has 0 heterocycles. The fraction of sp³-hybridized carbons (Fsp3) is 0.333. The number of rotatable bonds is 2. The van der Waals surface area contributed by atoms with Crippen LogP contribution in [0.2, 0.25) is 0 Å². The average Bonchev–Trinajstić information content (AvgIpc) is 2.52. The van der Waals surface area contributed by atoms with Gasteiger partial charge in [-0.15, -0.1) is 23.2 Å². The Morgan fingerprint density at radius 1 is 0.952 bits per heavy atom. The number of ether oxygens (including phenoxy) is 1. The van der Waals surface area contributed by atoms with Gasteiger partial charge in [0.05, 0.1) is 22.8 Å². The van der Waals surface area contributed by atoms with Crippen LogP contribution in [0.5, 0.6) is 0 Å². The lowest BCUT2D eigenvalue weighted by Gasteiger charge is -2.54. The number of hydrogen-bond donors (Lipinski definition) is 0. The minimum absolute atomic E-state index is 0.119. The van der Waals surface area contributed by atoms with Crippen LogP contribution in [-0.2, 0) is 10.2 Å². The van der Waals surface area contributed by atoms with Crippen LogP contribution in [0.3, 0.4) is 0 Å². The Morgan fingerprint density at radius 3 is 2.00 bits per heavy atom. The highest BCUT2D eigenvalue weighted by atomic mass is 35.5. The van der Waals surface area contributed by atoms with Gasteiger partial charge in [-0.3, -0.25) is 0 Å². The van der Waals surface area contributed by atoms with Crippen LogP contribution in [0.1, 0.15) is 28.2 Å². The maximum atomic E-state index is 6.84. The van der Waals surface area contributed by atoms with E-state index in [9.17, 15) is 0 Å². The molecule has 0 amide bonds. The van der Waals surface area contributed by atoms with Crippen molar-refractivity contribution in [1.82, 2.24) is 0 Å². The summed E-state index contributed by atoms with van der Waals surface area (Å²) in [6, 6.07) is 17.0. The van der Waals surface area contributed by atoms with Gasteiger partial charge in [0.2, 0.25) is 0 Å². The van der Waals surface area contributed by atoms with Crippen LogP contribution in [0.4, 0.5) is 0 Å². The molecular formula is C18H16Cl2O. The van der Waals surface area contributed by atoms with E-state index in [1.54, 1.807) is 7.11 Å². The minimum Gasteiger partial charge on any atom is -0.383 e. The normalized spacial score (nSPS) is 32.6. The zero-order chi connectivity index (χ0) is 14.6. The number of benzene rings is 2. The zero-order valence-electron chi connectivity index (χ0n) is 11.7. The third kappa shape index (κ3) is 1.57. The Bertz CT molecular complexity index is 650. The van der Waals surface area contributed by atoms with E-state index in [1.165, 1.54) is 22.3 Å². The van der Waals surface area contributed by atoms with Gasteiger partial charge < -0.3 is 4.74 Å². The molecular weight excluding hydrogens is 303 g/mol. The second-order valence-corrected chi connectivity index (χ2v) is 6.88. The topological polar surface area (TPSA) is 9.23 Å². The molecule has 0 N–H and O–H groups in total.